The number of aromatic nitrogens is 3. The molecule has 0 aliphatic carbocycles. The molecule has 0 radical (unpaired) electrons. The average Bonchev–Trinajstić information content (AvgIpc) is 3.00. The number of amides is 1. The topological polar surface area (TPSA) is 72.3 Å². The summed E-state index contributed by atoms with van der Waals surface area (Å²) >= 11 is 0. The third-order valence-corrected chi connectivity index (χ3v) is 4.61. The van der Waals surface area contributed by atoms with Crippen molar-refractivity contribution < 1.29 is 9.53 Å². The van der Waals surface area contributed by atoms with E-state index in [-0.39, 0.29) is 18.0 Å². The van der Waals surface area contributed by atoms with Gasteiger partial charge in [-0.25, -0.2) is 9.97 Å². The molecule has 7 heteroatoms. The lowest BCUT2D eigenvalue weighted by atomic mass is 10.1. The summed E-state index contributed by atoms with van der Waals surface area (Å²) in [6, 6.07) is 4.28. The molecule has 1 N–H and O–H groups in total. The van der Waals surface area contributed by atoms with Gasteiger partial charge in [-0.3, -0.25) is 9.69 Å². The highest BCUT2D eigenvalue weighted by atomic mass is 16.5. The molecule has 26 heavy (non-hydrogen) atoms. The van der Waals surface area contributed by atoms with Crippen molar-refractivity contribution in [2.24, 2.45) is 0 Å². The fraction of sp³-hybridized carbons (Fsp3) is 0.526. The van der Waals surface area contributed by atoms with E-state index in [1.54, 1.807) is 13.3 Å². The predicted molar refractivity (Wildman–Crippen MR) is 98.8 cm³/mol. The molecule has 1 aliphatic heterocycles. The van der Waals surface area contributed by atoms with E-state index in [0.717, 1.165) is 36.7 Å². The number of methoxy groups -OCH3 is 1. The zero-order valence-corrected chi connectivity index (χ0v) is 15.9. The zero-order chi connectivity index (χ0) is 18.7. The Hall–Kier alpha value is -2.41. The molecule has 2 aromatic rings. The summed E-state index contributed by atoms with van der Waals surface area (Å²) in [6.07, 6.45) is 4.07. The Morgan fingerprint density at radius 1 is 1.42 bits per heavy atom. The maximum atomic E-state index is 12.0. The number of pyridine rings is 1. The van der Waals surface area contributed by atoms with Gasteiger partial charge >= 0.3 is 0 Å². The van der Waals surface area contributed by atoms with Gasteiger partial charge in [-0.15, -0.1) is 0 Å². The van der Waals surface area contributed by atoms with Crippen molar-refractivity contribution >= 4 is 5.91 Å². The first-order valence-corrected chi connectivity index (χ1v) is 9.05. The second-order valence-corrected chi connectivity index (χ2v) is 7.00. The van der Waals surface area contributed by atoms with Crippen LogP contribution in [0.25, 0.3) is 0 Å². The third kappa shape index (κ3) is 4.04. The first kappa shape index (κ1) is 18.4. The molecule has 7 nitrogen and oxygen atoms in total. The normalized spacial score (nSPS) is 17.2. The van der Waals surface area contributed by atoms with Gasteiger partial charge in [-0.2, -0.15) is 0 Å². The summed E-state index contributed by atoms with van der Waals surface area (Å²) in [7, 11) is 1.65. The molecule has 0 unspecified atom stereocenters. The van der Waals surface area contributed by atoms with Crippen LogP contribution < -0.4 is 10.1 Å². The molecular weight excluding hydrogens is 330 g/mol. The summed E-state index contributed by atoms with van der Waals surface area (Å²) in [6.45, 7) is 8.61. The number of carbonyl (C=O) groups excluding carboxylic acids is 1. The maximum absolute atomic E-state index is 12.0. The Balaban J connectivity index is 1.72. The van der Waals surface area contributed by atoms with Crippen molar-refractivity contribution in [2.75, 3.05) is 13.7 Å². The molecule has 1 amide bonds. The maximum Gasteiger partial charge on any atom is 0.226 e. The number of imidazole rings is 1. The van der Waals surface area contributed by atoms with Crippen molar-refractivity contribution in [1.29, 1.82) is 0 Å². The number of ether oxygens (including phenoxy) is 1. The van der Waals surface area contributed by atoms with Crippen molar-refractivity contribution in [2.45, 2.75) is 52.4 Å². The van der Waals surface area contributed by atoms with Gasteiger partial charge in [0.2, 0.25) is 11.8 Å². The van der Waals surface area contributed by atoms with Crippen LogP contribution in [0.3, 0.4) is 0 Å². The summed E-state index contributed by atoms with van der Waals surface area (Å²) < 4.78 is 7.53. The molecule has 0 bridgehead atoms. The van der Waals surface area contributed by atoms with Crippen molar-refractivity contribution in [1.82, 2.24) is 24.8 Å². The number of hydrogen-bond donors (Lipinski definition) is 1. The van der Waals surface area contributed by atoms with E-state index in [0.29, 0.717) is 12.3 Å². The summed E-state index contributed by atoms with van der Waals surface area (Å²) in [5.74, 6) is 1.69. The number of carbonyl (C=O) groups is 1. The molecule has 0 spiro atoms. The minimum Gasteiger partial charge on any atom is -0.481 e. The summed E-state index contributed by atoms with van der Waals surface area (Å²) in [4.78, 5) is 23.4. The van der Waals surface area contributed by atoms with Crippen LogP contribution in [0.5, 0.6) is 5.88 Å². The van der Waals surface area contributed by atoms with E-state index in [1.165, 1.54) is 0 Å². The Labute approximate surface area is 154 Å². The van der Waals surface area contributed by atoms with E-state index in [1.807, 2.05) is 32.2 Å². The Morgan fingerprint density at radius 3 is 2.96 bits per heavy atom. The summed E-state index contributed by atoms with van der Waals surface area (Å²) in [5, 5.41) is 2.92. The largest absolute Gasteiger partial charge is 0.481 e. The quantitative estimate of drug-likeness (QED) is 0.855. The standard InChI is InChI=1S/C19H27N5O2/c1-13(2)21-17(25)10-16-12-24-9-8-23(14(3)18(24)22-16)11-15-6-5-7-20-19(15)26-4/h5-7,12-14H,8-11H2,1-4H3,(H,21,25)/t14-/m1/s1. The second-order valence-electron chi connectivity index (χ2n) is 7.00. The van der Waals surface area contributed by atoms with Crippen molar-refractivity contribution in [3.8, 4) is 5.88 Å². The van der Waals surface area contributed by atoms with Gasteiger partial charge in [0.05, 0.1) is 25.3 Å². The first-order chi connectivity index (χ1) is 12.5. The summed E-state index contributed by atoms with van der Waals surface area (Å²) in [5.41, 5.74) is 1.89. The number of fused-ring (bicyclic) bond motifs is 1. The molecule has 1 atom stereocenters. The first-order valence-electron chi connectivity index (χ1n) is 9.05. The van der Waals surface area contributed by atoms with Gasteiger partial charge in [0.1, 0.15) is 5.82 Å². The number of nitrogens with zero attached hydrogens (tertiary/aromatic N) is 4. The lowest BCUT2D eigenvalue weighted by Crippen LogP contribution is -2.36. The van der Waals surface area contributed by atoms with Gasteiger partial charge in [0.25, 0.3) is 0 Å². The van der Waals surface area contributed by atoms with Crippen LogP contribution in [0, 0.1) is 0 Å². The van der Waals surface area contributed by atoms with Gasteiger partial charge < -0.3 is 14.6 Å². The van der Waals surface area contributed by atoms with Gasteiger partial charge in [-0.1, -0.05) is 6.07 Å². The SMILES string of the molecule is COc1ncccc1CN1CCn2cc(CC(=O)NC(C)C)nc2[C@H]1C. The fourth-order valence-electron chi connectivity index (χ4n) is 3.38. The monoisotopic (exact) mass is 357 g/mol. The van der Waals surface area contributed by atoms with E-state index < -0.39 is 0 Å². The predicted octanol–water partition coefficient (Wildman–Crippen LogP) is 1.93. The Bertz CT molecular complexity index is 771. The van der Waals surface area contributed by atoms with E-state index >= 15 is 0 Å². The Kier molecular flexibility index (Phi) is 5.56. The molecule has 140 valence electrons. The van der Waals surface area contributed by atoms with Crippen molar-refractivity contribution in [3.05, 3.63) is 41.6 Å². The number of hydrogen-bond acceptors (Lipinski definition) is 5. The van der Waals surface area contributed by atoms with E-state index in [9.17, 15) is 4.79 Å². The molecule has 1 aliphatic rings. The molecule has 0 saturated carbocycles. The minimum absolute atomic E-state index is 0.0139. The molecule has 3 heterocycles. The fourth-order valence-corrected chi connectivity index (χ4v) is 3.38. The van der Waals surface area contributed by atoms with Crippen LogP contribution in [0.15, 0.2) is 24.5 Å². The average molecular weight is 357 g/mol. The molecule has 3 rings (SSSR count). The highest BCUT2D eigenvalue weighted by molar-refractivity contribution is 5.78. The number of rotatable bonds is 6. The molecule has 2 aromatic heterocycles. The molecule has 0 fully saturated rings. The van der Waals surface area contributed by atoms with E-state index in [2.05, 4.69) is 26.7 Å². The highest BCUT2D eigenvalue weighted by Gasteiger charge is 2.27. The molecular formula is C19H27N5O2. The third-order valence-electron chi connectivity index (χ3n) is 4.61. The van der Waals surface area contributed by atoms with Crippen LogP contribution in [0.2, 0.25) is 0 Å². The second kappa shape index (κ2) is 7.86. The lowest BCUT2D eigenvalue weighted by Gasteiger charge is -2.33. The smallest absolute Gasteiger partial charge is 0.226 e. The van der Waals surface area contributed by atoms with E-state index in [4.69, 9.17) is 9.72 Å². The highest BCUT2D eigenvalue weighted by Crippen LogP contribution is 2.28. The zero-order valence-electron chi connectivity index (χ0n) is 15.9. The van der Waals surface area contributed by atoms with Gasteiger partial charge in [-0.05, 0) is 26.8 Å². The molecule has 0 saturated heterocycles. The van der Waals surface area contributed by atoms with Crippen LogP contribution in [0.4, 0.5) is 0 Å². The molecule has 0 aromatic carbocycles. The minimum atomic E-state index is 0.0139. The van der Waals surface area contributed by atoms with Crippen LogP contribution in [0.1, 0.15) is 43.9 Å². The van der Waals surface area contributed by atoms with Crippen LogP contribution in [-0.2, 0) is 24.3 Å². The van der Waals surface area contributed by atoms with Crippen LogP contribution in [-0.4, -0.2) is 45.0 Å². The number of nitrogens with one attached hydrogen (secondary N) is 1. The van der Waals surface area contributed by atoms with Crippen LogP contribution >= 0.6 is 0 Å². The van der Waals surface area contributed by atoms with Gasteiger partial charge in [0, 0.05) is 43.6 Å². The Morgan fingerprint density at radius 2 is 2.23 bits per heavy atom. The van der Waals surface area contributed by atoms with Gasteiger partial charge in [0.15, 0.2) is 0 Å². The lowest BCUT2D eigenvalue weighted by molar-refractivity contribution is -0.120. The van der Waals surface area contributed by atoms with Crippen molar-refractivity contribution in [3.63, 3.8) is 0 Å².